The topological polar surface area (TPSA) is 79.2 Å². The summed E-state index contributed by atoms with van der Waals surface area (Å²) in [7, 11) is 3.53. The third kappa shape index (κ3) is 1.29. The van der Waals surface area contributed by atoms with Crippen molar-refractivity contribution >= 4 is 5.78 Å². The molecule has 0 saturated carbocycles. The summed E-state index contributed by atoms with van der Waals surface area (Å²) < 4.78 is 12.3. The number of hydrogen-bond donors (Lipinski definition) is 2. The van der Waals surface area contributed by atoms with Crippen LogP contribution < -0.4 is 4.74 Å². The standard InChI is InChI=1S/C19H21NO5/c1-17-12(22)6-7-19(24-3)16-14(23)10-4-5-11(21)15(25-17)13(10)18(17,19)8-9-20(16)2/h4-7,12,16,21-22H,8-9H2,1-3H3/t12-,16+,17-,18-,19+/m0/s1. The molecule has 0 aromatic heterocycles. The third-order valence-electron chi connectivity index (χ3n) is 7.02. The average Bonchev–Trinajstić information content (AvgIpc) is 2.87. The second-order valence-corrected chi connectivity index (χ2v) is 7.75. The van der Waals surface area contributed by atoms with Gasteiger partial charge in [0, 0.05) is 18.2 Å². The Morgan fingerprint density at radius 3 is 2.88 bits per heavy atom. The van der Waals surface area contributed by atoms with Crippen molar-refractivity contribution in [2.24, 2.45) is 0 Å². The number of carbonyl (C=O) groups excluding carboxylic acids is 1. The minimum Gasteiger partial charge on any atom is -0.504 e. The summed E-state index contributed by atoms with van der Waals surface area (Å²) in [6.07, 6.45) is 3.29. The van der Waals surface area contributed by atoms with Gasteiger partial charge in [0.25, 0.3) is 0 Å². The van der Waals surface area contributed by atoms with E-state index >= 15 is 0 Å². The molecule has 0 unspecified atom stereocenters. The number of rotatable bonds is 1. The summed E-state index contributed by atoms with van der Waals surface area (Å²) in [5.41, 5.74) is -1.46. The number of ketones is 1. The third-order valence-corrected chi connectivity index (χ3v) is 7.02. The molecule has 5 atom stereocenters. The van der Waals surface area contributed by atoms with Crippen molar-refractivity contribution in [3.8, 4) is 11.5 Å². The number of carbonyl (C=O) groups is 1. The number of benzene rings is 1. The van der Waals surface area contributed by atoms with Crippen molar-refractivity contribution in [3.63, 3.8) is 0 Å². The zero-order valence-corrected chi connectivity index (χ0v) is 14.4. The average molecular weight is 343 g/mol. The van der Waals surface area contributed by atoms with Crippen LogP contribution in [-0.2, 0) is 10.2 Å². The number of aliphatic hydroxyl groups excluding tert-OH is 1. The summed E-state index contributed by atoms with van der Waals surface area (Å²) in [4.78, 5) is 15.4. The molecule has 2 aliphatic heterocycles. The number of methoxy groups -OCH3 is 1. The molecule has 5 rings (SSSR count). The van der Waals surface area contributed by atoms with E-state index in [-0.39, 0.29) is 11.5 Å². The molecule has 1 saturated heterocycles. The van der Waals surface area contributed by atoms with E-state index in [9.17, 15) is 15.0 Å². The minimum atomic E-state index is -1.02. The van der Waals surface area contributed by atoms with E-state index < -0.39 is 28.8 Å². The van der Waals surface area contributed by atoms with Crippen LogP contribution in [0.15, 0.2) is 24.3 Å². The molecular formula is C19H21NO5. The van der Waals surface area contributed by atoms with Crippen LogP contribution in [0.2, 0.25) is 0 Å². The monoisotopic (exact) mass is 343 g/mol. The SMILES string of the molecule is CO[C@@]12C=C[C@H](O)[C@]3(C)Oc4c(O)ccc5c4[C@@]31CCN(C)[C@@H]2C5=O. The molecule has 1 aromatic carbocycles. The second kappa shape index (κ2) is 4.26. The van der Waals surface area contributed by atoms with Crippen LogP contribution in [-0.4, -0.2) is 64.9 Å². The van der Waals surface area contributed by atoms with Gasteiger partial charge < -0.3 is 19.7 Å². The van der Waals surface area contributed by atoms with Crippen LogP contribution in [0.4, 0.5) is 0 Å². The molecule has 132 valence electrons. The normalized spacial score (nSPS) is 43.8. The van der Waals surface area contributed by atoms with Crippen molar-refractivity contribution in [3.05, 3.63) is 35.4 Å². The molecule has 2 heterocycles. The lowest BCUT2D eigenvalue weighted by Gasteiger charge is -2.64. The maximum atomic E-state index is 13.4. The molecule has 1 aromatic rings. The Morgan fingerprint density at radius 1 is 1.40 bits per heavy atom. The Balaban J connectivity index is 1.98. The summed E-state index contributed by atoms with van der Waals surface area (Å²) >= 11 is 0. The highest BCUT2D eigenvalue weighted by Crippen LogP contribution is 2.68. The van der Waals surface area contributed by atoms with Gasteiger partial charge in [-0.2, -0.15) is 0 Å². The summed E-state index contributed by atoms with van der Waals surface area (Å²) in [5, 5.41) is 21.2. The molecule has 2 aliphatic carbocycles. The van der Waals surface area contributed by atoms with E-state index in [1.807, 2.05) is 24.9 Å². The quantitative estimate of drug-likeness (QED) is 0.741. The number of ether oxygens (including phenoxy) is 2. The number of piperidine rings is 1. The fourth-order valence-corrected chi connectivity index (χ4v) is 5.90. The van der Waals surface area contributed by atoms with Gasteiger partial charge in [0.15, 0.2) is 17.3 Å². The van der Waals surface area contributed by atoms with Gasteiger partial charge in [0.2, 0.25) is 0 Å². The van der Waals surface area contributed by atoms with Gasteiger partial charge in [0.1, 0.15) is 23.3 Å². The molecular weight excluding hydrogens is 322 g/mol. The molecule has 6 nitrogen and oxygen atoms in total. The molecule has 2 N–H and O–H groups in total. The lowest BCUT2D eigenvalue weighted by Crippen LogP contribution is -2.80. The van der Waals surface area contributed by atoms with E-state index in [0.717, 1.165) is 0 Å². The highest BCUT2D eigenvalue weighted by molar-refractivity contribution is 6.06. The number of nitrogens with zero attached hydrogens (tertiary/aromatic N) is 1. The molecule has 0 amide bonds. The number of likely N-dealkylation sites (tertiary alicyclic amines) is 1. The molecule has 2 bridgehead atoms. The molecule has 4 aliphatic rings. The van der Waals surface area contributed by atoms with Crippen LogP contribution in [0.1, 0.15) is 29.3 Å². The number of aromatic hydroxyl groups is 1. The molecule has 1 fully saturated rings. The van der Waals surface area contributed by atoms with Crippen LogP contribution in [0.3, 0.4) is 0 Å². The van der Waals surface area contributed by atoms with E-state index in [1.165, 1.54) is 6.07 Å². The Labute approximate surface area is 145 Å². The molecule has 0 radical (unpaired) electrons. The highest BCUT2D eigenvalue weighted by atomic mass is 16.5. The number of aliphatic hydroxyl groups is 1. The summed E-state index contributed by atoms with van der Waals surface area (Å²) in [5.74, 6) is 0.261. The fourth-order valence-electron chi connectivity index (χ4n) is 5.90. The first kappa shape index (κ1) is 15.4. The van der Waals surface area contributed by atoms with Crippen LogP contribution in [0.25, 0.3) is 0 Å². The minimum absolute atomic E-state index is 0.00821. The van der Waals surface area contributed by atoms with Crippen LogP contribution >= 0.6 is 0 Å². The van der Waals surface area contributed by atoms with E-state index in [2.05, 4.69) is 0 Å². The highest BCUT2D eigenvalue weighted by Gasteiger charge is 2.78. The Bertz CT molecular complexity index is 850. The maximum Gasteiger partial charge on any atom is 0.183 e. The first-order valence-corrected chi connectivity index (χ1v) is 8.56. The van der Waals surface area contributed by atoms with Crippen LogP contribution in [0.5, 0.6) is 11.5 Å². The molecule has 6 heteroatoms. The maximum absolute atomic E-state index is 13.4. The van der Waals surface area contributed by atoms with Gasteiger partial charge >= 0.3 is 0 Å². The summed E-state index contributed by atoms with van der Waals surface area (Å²) in [6, 6.07) is 2.67. The van der Waals surface area contributed by atoms with E-state index in [4.69, 9.17) is 9.47 Å². The number of likely N-dealkylation sites (N-methyl/N-ethyl adjacent to an activating group) is 1. The Hall–Kier alpha value is -1.89. The van der Waals surface area contributed by atoms with E-state index in [1.54, 1.807) is 19.3 Å². The lowest BCUT2D eigenvalue weighted by atomic mass is 9.46. The number of phenolic OH excluding ortho intramolecular Hbond substituents is 1. The predicted octanol–water partition coefficient (Wildman–Crippen LogP) is 0.997. The fraction of sp³-hybridized carbons (Fsp3) is 0.526. The first-order chi connectivity index (χ1) is 11.8. The summed E-state index contributed by atoms with van der Waals surface area (Å²) in [6.45, 7) is 2.53. The lowest BCUT2D eigenvalue weighted by molar-refractivity contribution is -0.189. The number of hydrogen-bond acceptors (Lipinski definition) is 6. The van der Waals surface area contributed by atoms with Crippen molar-refractivity contribution in [2.75, 3.05) is 20.7 Å². The molecule has 25 heavy (non-hydrogen) atoms. The van der Waals surface area contributed by atoms with Gasteiger partial charge in [-0.25, -0.2) is 0 Å². The second-order valence-electron chi connectivity index (χ2n) is 7.75. The predicted molar refractivity (Wildman–Crippen MR) is 89.1 cm³/mol. The van der Waals surface area contributed by atoms with Gasteiger partial charge in [-0.15, -0.1) is 0 Å². The first-order valence-electron chi connectivity index (χ1n) is 8.56. The Morgan fingerprint density at radius 2 is 2.16 bits per heavy atom. The van der Waals surface area contributed by atoms with E-state index in [0.29, 0.717) is 29.8 Å². The van der Waals surface area contributed by atoms with Crippen LogP contribution in [0, 0.1) is 0 Å². The van der Waals surface area contributed by atoms with Gasteiger partial charge in [-0.05, 0) is 39.1 Å². The van der Waals surface area contributed by atoms with Gasteiger partial charge in [-0.3, -0.25) is 9.69 Å². The zero-order valence-electron chi connectivity index (χ0n) is 14.4. The van der Waals surface area contributed by atoms with Crippen molar-refractivity contribution in [2.45, 2.75) is 42.1 Å². The van der Waals surface area contributed by atoms with Gasteiger partial charge in [0.05, 0.1) is 5.41 Å². The number of Topliss-reactive ketones (excluding diaryl/α,β-unsaturated/α-hetero) is 1. The van der Waals surface area contributed by atoms with Crippen molar-refractivity contribution < 1.29 is 24.5 Å². The molecule has 1 spiro atoms. The van der Waals surface area contributed by atoms with Crippen molar-refractivity contribution in [1.29, 1.82) is 0 Å². The largest absolute Gasteiger partial charge is 0.504 e. The Kier molecular flexibility index (Phi) is 2.62. The number of phenols is 1. The smallest absolute Gasteiger partial charge is 0.183 e. The van der Waals surface area contributed by atoms with Gasteiger partial charge in [-0.1, -0.05) is 12.2 Å². The van der Waals surface area contributed by atoms with Crippen molar-refractivity contribution in [1.82, 2.24) is 4.90 Å². The zero-order chi connectivity index (χ0) is 17.8.